The van der Waals surface area contributed by atoms with Crippen molar-refractivity contribution >= 4 is 11.8 Å². The number of likely N-dealkylation sites (tertiary alicyclic amines) is 1. The predicted molar refractivity (Wildman–Crippen MR) is 65.5 cm³/mol. The van der Waals surface area contributed by atoms with E-state index in [-0.39, 0.29) is 6.04 Å². The van der Waals surface area contributed by atoms with Gasteiger partial charge in [0.05, 0.1) is 11.7 Å². The molecule has 1 aromatic rings. The molecule has 90 valence electrons. The molecule has 17 heavy (non-hydrogen) atoms. The molecule has 2 heterocycles. The lowest BCUT2D eigenvalue weighted by molar-refractivity contribution is 0.163. The van der Waals surface area contributed by atoms with Gasteiger partial charge in [-0.15, -0.1) is 0 Å². The first-order valence-electron chi connectivity index (χ1n) is 6.08. The van der Waals surface area contributed by atoms with Crippen LogP contribution in [-0.4, -0.2) is 41.8 Å². The van der Waals surface area contributed by atoms with Gasteiger partial charge in [0, 0.05) is 6.54 Å². The Morgan fingerprint density at radius 3 is 2.76 bits per heavy atom. The van der Waals surface area contributed by atoms with Gasteiger partial charge in [-0.05, 0) is 37.6 Å². The second-order valence-corrected chi connectivity index (χ2v) is 4.79. The number of hydrogen-bond donors (Lipinski definition) is 1. The summed E-state index contributed by atoms with van der Waals surface area (Å²) in [6.07, 6.45) is 1.26. The molecule has 1 atom stereocenters. The Morgan fingerprint density at radius 2 is 2.12 bits per heavy atom. The summed E-state index contributed by atoms with van der Waals surface area (Å²) in [6.45, 7) is 3.08. The van der Waals surface area contributed by atoms with Gasteiger partial charge in [0.2, 0.25) is 0 Å². The van der Waals surface area contributed by atoms with E-state index in [1.54, 1.807) is 0 Å². The normalized spacial score (nSPS) is 23.3. The summed E-state index contributed by atoms with van der Waals surface area (Å²) in [5, 5.41) is 9.34. The van der Waals surface area contributed by atoms with Gasteiger partial charge < -0.3 is 10.0 Å². The average Bonchev–Trinajstić information content (AvgIpc) is 2.61. The molecule has 1 N–H and O–H groups in total. The van der Waals surface area contributed by atoms with Crippen molar-refractivity contribution in [3.63, 3.8) is 0 Å². The predicted octanol–water partition coefficient (Wildman–Crippen LogP) is 1.80. The monoisotopic (exact) mass is 232 g/mol. The van der Waals surface area contributed by atoms with Gasteiger partial charge in [-0.2, -0.15) is 0 Å². The van der Waals surface area contributed by atoms with Gasteiger partial charge >= 0.3 is 6.09 Å². The Morgan fingerprint density at radius 1 is 1.35 bits per heavy atom. The Labute approximate surface area is 100 Å². The van der Waals surface area contributed by atoms with Crippen LogP contribution in [0.2, 0.25) is 0 Å². The zero-order valence-corrected chi connectivity index (χ0v) is 9.67. The molecule has 0 unspecified atom stereocenters. The molecule has 0 spiro atoms. The third-order valence-electron chi connectivity index (χ3n) is 3.70. The highest BCUT2D eigenvalue weighted by molar-refractivity contribution is 5.89. The highest BCUT2D eigenvalue weighted by Crippen LogP contribution is 2.32. The van der Waals surface area contributed by atoms with Gasteiger partial charge in [0.25, 0.3) is 0 Å². The number of fused-ring (bicyclic) bond motifs is 1. The molecule has 0 bridgehead atoms. The van der Waals surface area contributed by atoms with Crippen LogP contribution in [0.3, 0.4) is 0 Å². The SMILES string of the molecule is O=C(O)N1c2ccccc2C[C@H]1CN1CCC1. The van der Waals surface area contributed by atoms with Crippen LogP contribution in [0, 0.1) is 0 Å². The van der Waals surface area contributed by atoms with Crippen molar-refractivity contribution in [1.82, 2.24) is 4.90 Å². The maximum atomic E-state index is 11.4. The van der Waals surface area contributed by atoms with Crippen LogP contribution in [0.15, 0.2) is 24.3 Å². The molecule has 2 aliphatic heterocycles. The molecule has 3 rings (SSSR count). The minimum Gasteiger partial charge on any atom is -0.465 e. The first kappa shape index (κ1) is 10.6. The minimum absolute atomic E-state index is 0.0881. The summed E-state index contributed by atoms with van der Waals surface area (Å²) < 4.78 is 0. The van der Waals surface area contributed by atoms with E-state index < -0.39 is 6.09 Å². The number of rotatable bonds is 2. The molecular weight excluding hydrogens is 216 g/mol. The van der Waals surface area contributed by atoms with Crippen molar-refractivity contribution in [1.29, 1.82) is 0 Å². The van der Waals surface area contributed by atoms with Crippen molar-refractivity contribution < 1.29 is 9.90 Å². The van der Waals surface area contributed by atoms with Gasteiger partial charge in [-0.25, -0.2) is 4.79 Å². The van der Waals surface area contributed by atoms with Gasteiger partial charge in [0.15, 0.2) is 0 Å². The molecule has 4 heteroatoms. The highest BCUT2D eigenvalue weighted by Gasteiger charge is 2.35. The number of amides is 1. The molecule has 0 saturated carbocycles. The summed E-state index contributed by atoms with van der Waals surface area (Å²) in [5.41, 5.74) is 2.02. The van der Waals surface area contributed by atoms with Crippen LogP contribution in [0.1, 0.15) is 12.0 Å². The van der Waals surface area contributed by atoms with E-state index in [1.165, 1.54) is 11.3 Å². The van der Waals surface area contributed by atoms with E-state index in [9.17, 15) is 9.90 Å². The second kappa shape index (κ2) is 4.04. The largest absolute Gasteiger partial charge is 0.465 e. The fourth-order valence-electron chi connectivity index (χ4n) is 2.73. The van der Waals surface area contributed by atoms with Crippen LogP contribution in [0.25, 0.3) is 0 Å². The Bertz CT molecular complexity index is 443. The maximum Gasteiger partial charge on any atom is 0.412 e. The first-order valence-corrected chi connectivity index (χ1v) is 6.08. The van der Waals surface area contributed by atoms with Crippen LogP contribution >= 0.6 is 0 Å². The number of para-hydroxylation sites is 1. The fraction of sp³-hybridized carbons (Fsp3) is 0.462. The highest BCUT2D eigenvalue weighted by atomic mass is 16.4. The number of nitrogens with zero attached hydrogens (tertiary/aromatic N) is 2. The maximum absolute atomic E-state index is 11.4. The summed E-state index contributed by atoms with van der Waals surface area (Å²) in [5.74, 6) is 0. The molecule has 1 saturated heterocycles. The summed E-state index contributed by atoms with van der Waals surface area (Å²) in [7, 11) is 0. The van der Waals surface area contributed by atoms with Crippen molar-refractivity contribution in [2.24, 2.45) is 0 Å². The molecule has 1 aromatic carbocycles. The molecule has 4 nitrogen and oxygen atoms in total. The second-order valence-electron chi connectivity index (χ2n) is 4.79. The van der Waals surface area contributed by atoms with Crippen LogP contribution in [0.4, 0.5) is 10.5 Å². The van der Waals surface area contributed by atoms with Crippen molar-refractivity contribution in [3.05, 3.63) is 29.8 Å². The van der Waals surface area contributed by atoms with Crippen LogP contribution < -0.4 is 4.90 Å². The van der Waals surface area contributed by atoms with E-state index in [1.807, 2.05) is 24.3 Å². The smallest absolute Gasteiger partial charge is 0.412 e. The van der Waals surface area contributed by atoms with Crippen molar-refractivity contribution in [2.75, 3.05) is 24.5 Å². The zero-order valence-electron chi connectivity index (χ0n) is 9.67. The lowest BCUT2D eigenvalue weighted by Crippen LogP contribution is -2.49. The molecule has 0 aromatic heterocycles. The number of benzene rings is 1. The molecule has 0 aliphatic carbocycles. The van der Waals surface area contributed by atoms with Crippen LogP contribution in [0.5, 0.6) is 0 Å². The Hall–Kier alpha value is -1.55. The van der Waals surface area contributed by atoms with Gasteiger partial charge in [0.1, 0.15) is 0 Å². The van der Waals surface area contributed by atoms with Gasteiger partial charge in [-0.1, -0.05) is 18.2 Å². The Kier molecular flexibility index (Phi) is 2.52. The fourth-order valence-corrected chi connectivity index (χ4v) is 2.73. The van der Waals surface area contributed by atoms with Gasteiger partial charge in [-0.3, -0.25) is 4.90 Å². The molecule has 1 fully saturated rings. The topological polar surface area (TPSA) is 43.8 Å². The van der Waals surface area contributed by atoms with Crippen molar-refractivity contribution in [2.45, 2.75) is 18.9 Å². The van der Waals surface area contributed by atoms with Crippen molar-refractivity contribution in [3.8, 4) is 0 Å². The standard InChI is InChI=1S/C13H16N2O2/c16-13(17)15-11(9-14-6-3-7-14)8-10-4-1-2-5-12(10)15/h1-2,4-5,11H,3,6-9H2,(H,16,17)/t11-/m0/s1. The van der Waals surface area contributed by atoms with E-state index in [2.05, 4.69) is 4.90 Å². The molecule has 0 radical (unpaired) electrons. The Balaban J connectivity index is 1.84. The number of hydrogen-bond acceptors (Lipinski definition) is 2. The summed E-state index contributed by atoms with van der Waals surface area (Å²) in [6, 6.07) is 7.90. The van der Waals surface area contributed by atoms with Crippen LogP contribution in [-0.2, 0) is 6.42 Å². The third kappa shape index (κ3) is 1.78. The lowest BCUT2D eigenvalue weighted by atomic mass is 10.1. The van der Waals surface area contributed by atoms with E-state index >= 15 is 0 Å². The average molecular weight is 232 g/mol. The minimum atomic E-state index is -0.833. The lowest BCUT2D eigenvalue weighted by Gasteiger charge is -2.35. The zero-order chi connectivity index (χ0) is 11.8. The van der Waals surface area contributed by atoms with E-state index in [4.69, 9.17) is 0 Å². The number of carboxylic acid groups (broad SMARTS) is 1. The number of anilines is 1. The van der Waals surface area contributed by atoms with E-state index in [0.29, 0.717) is 0 Å². The van der Waals surface area contributed by atoms with E-state index in [0.717, 1.165) is 37.3 Å². The summed E-state index contributed by atoms with van der Waals surface area (Å²) in [4.78, 5) is 15.2. The summed E-state index contributed by atoms with van der Waals surface area (Å²) >= 11 is 0. The number of carbonyl (C=O) groups is 1. The quantitative estimate of drug-likeness (QED) is 0.845. The first-order chi connectivity index (χ1) is 8.25. The molecule has 2 aliphatic rings. The third-order valence-corrected chi connectivity index (χ3v) is 3.70. The molecular formula is C13H16N2O2. The molecule has 1 amide bonds.